The van der Waals surface area contributed by atoms with Gasteiger partial charge in [-0.25, -0.2) is 0 Å². The van der Waals surface area contributed by atoms with E-state index in [1.807, 2.05) is 0 Å². The van der Waals surface area contributed by atoms with Crippen molar-refractivity contribution in [3.8, 4) is 22.7 Å². The van der Waals surface area contributed by atoms with Gasteiger partial charge in [-0.05, 0) is 84.9 Å². The molecule has 0 aliphatic carbocycles. The molecule has 1 atom stereocenters. The second kappa shape index (κ2) is 13.1. The molecular weight excluding hydrogens is 749 g/mol. The fraction of sp³-hybridized carbons (Fsp3) is 0.0185. The lowest BCUT2D eigenvalue weighted by atomic mass is 10.1. The molecule has 7 nitrogen and oxygen atoms in total. The quantitative estimate of drug-likeness (QED) is 0.183. The van der Waals surface area contributed by atoms with Gasteiger partial charge in [0.2, 0.25) is 12.1 Å². The van der Waals surface area contributed by atoms with Crippen molar-refractivity contribution in [1.82, 2.24) is 23.7 Å². The van der Waals surface area contributed by atoms with Crippen molar-refractivity contribution in [2.45, 2.75) is 6.23 Å². The molecule has 0 fully saturated rings. The van der Waals surface area contributed by atoms with Crippen LogP contribution in [0.1, 0.15) is 17.4 Å². The van der Waals surface area contributed by atoms with Crippen LogP contribution in [0.2, 0.25) is 0 Å². The van der Waals surface area contributed by atoms with Crippen LogP contribution in [0.5, 0.6) is 0 Å². The van der Waals surface area contributed by atoms with E-state index in [4.69, 9.17) is 4.74 Å². The fourth-order valence-electron chi connectivity index (χ4n) is 9.60. The lowest BCUT2D eigenvalue weighted by molar-refractivity contribution is 0.192. The standard InChI is InChI=1S/C54H36N6O/c1-3-11-39(12-4-1)57-33-31-35-23-29-45-43-15-7-9-17-47(43)59(51(45)49(35)57)41-25-19-37(20-26-41)53-55-56-54(61-53)38-21-27-42(28-22-38)60-48-18-10-8-16-44(48)46-30-24-36-32-34-58(50(36)52(46)60)40-13-5-2-6-14-40/h1-34,53,55H. The largest absolute Gasteiger partial charge is 0.446 e. The number of aromatic nitrogens is 4. The van der Waals surface area contributed by atoms with Crippen LogP contribution in [-0.2, 0) is 4.74 Å². The van der Waals surface area contributed by atoms with Crippen LogP contribution in [0.15, 0.2) is 212 Å². The summed E-state index contributed by atoms with van der Waals surface area (Å²) in [6, 6.07) is 69.0. The molecule has 0 amide bonds. The van der Waals surface area contributed by atoms with Crippen molar-refractivity contribution in [1.29, 1.82) is 0 Å². The average molecular weight is 785 g/mol. The van der Waals surface area contributed by atoms with Gasteiger partial charge in [0.05, 0.1) is 33.1 Å². The van der Waals surface area contributed by atoms with Gasteiger partial charge >= 0.3 is 0 Å². The monoisotopic (exact) mass is 784 g/mol. The van der Waals surface area contributed by atoms with Gasteiger partial charge in [0, 0.05) is 78.6 Å². The molecule has 61 heavy (non-hydrogen) atoms. The van der Waals surface area contributed by atoms with Crippen LogP contribution in [0.25, 0.3) is 88.2 Å². The molecule has 0 saturated carbocycles. The third-order valence-electron chi connectivity index (χ3n) is 12.4. The SMILES string of the molecule is c1ccc(-n2ccc3ccc4c5ccccc5n(-c5ccc(C6=NNC(c7ccc(-n8c9ccccc9c9ccc%10ccn(-c%11ccccc%11)c%10c98)cc7)O6)cc5)c4c32)cc1. The molecule has 1 aliphatic heterocycles. The number of hydrazone groups is 1. The first-order chi connectivity index (χ1) is 30.3. The minimum absolute atomic E-state index is 0.416. The van der Waals surface area contributed by atoms with Crippen molar-refractivity contribution in [2.24, 2.45) is 5.10 Å². The van der Waals surface area contributed by atoms with Gasteiger partial charge in [-0.1, -0.05) is 109 Å². The number of benzene rings is 8. The van der Waals surface area contributed by atoms with Gasteiger partial charge in [-0.3, -0.25) is 5.43 Å². The zero-order valence-electron chi connectivity index (χ0n) is 32.9. The second-order valence-electron chi connectivity index (χ2n) is 15.7. The number of fused-ring (bicyclic) bond motifs is 10. The molecule has 12 aromatic rings. The third kappa shape index (κ3) is 5.07. The number of hydrogen-bond acceptors (Lipinski definition) is 3. The van der Waals surface area contributed by atoms with Crippen molar-refractivity contribution in [3.63, 3.8) is 0 Å². The maximum Gasteiger partial charge on any atom is 0.240 e. The first-order valence-corrected chi connectivity index (χ1v) is 20.7. The van der Waals surface area contributed by atoms with E-state index < -0.39 is 6.23 Å². The molecule has 0 radical (unpaired) electrons. The lowest BCUT2D eigenvalue weighted by Crippen LogP contribution is -2.12. The normalized spacial score (nSPS) is 14.1. The zero-order chi connectivity index (χ0) is 40.0. The lowest BCUT2D eigenvalue weighted by Gasteiger charge is -2.15. The summed E-state index contributed by atoms with van der Waals surface area (Å²) in [6.45, 7) is 0. The minimum atomic E-state index is -0.416. The third-order valence-corrected chi connectivity index (χ3v) is 12.4. The highest BCUT2D eigenvalue weighted by molar-refractivity contribution is 6.19. The first kappa shape index (κ1) is 33.7. The molecule has 1 aliphatic rings. The van der Waals surface area contributed by atoms with Crippen LogP contribution in [0.3, 0.4) is 0 Å². The summed E-state index contributed by atoms with van der Waals surface area (Å²) in [4.78, 5) is 0. The molecular formula is C54H36N6O. The summed E-state index contributed by atoms with van der Waals surface area (Å²) in [5, 5.41) is 12.0. The smallest absolute Gasteiger partial charge is 0.240 e. The number of nitrogens with zero attached hydrogens (tertiary/aromatic N) is 5. The van der Waals surface area contributed by atoms with Gasteiger partial charge in [0.1, 0.15) is 0 Å². The Morgan fingerprint density at radius 1 is 0.393 bits per heavy atom. The van der Waals surface area contributed by atoms with Gasteiger partial charge in [0.25, 0.3) is 0 Å². The summed E-state index contributed by atoms with van der Waals surface area (Å²) in [5.41, 5.74) is 16.6. The molecule has 4 aromatic heterocycles. The van der Waals surface area contributed by atoms with E-state index in [2.05, 4.69) is 235 Å². The Hall–Kier alpha value is -8.29. The Labute approximate surface area is 350 Å². The molecule has 1 N–H and O–H groups in total. The summed E-state index contributed by atoms with van der Waals surface area (Å²) in [7, 11) is 0. The topological polar surface area (TPSA) is 53.3 Å². The molecule has 0 bridgehead atoms. The molecule has 0 spiro atoms. The van der Waals surface area contributed by atoms with Gasteiger partial charge in [-0.2, -0.15) is 0 Å². The molecule has 1 unspecified atom stereocenters. The highest BCUT2D eigenvalue weighted by atomic mass is 16.5. The van der Waals surface area contributed by atoms with Gasteiger partial charge < -0.3 is 23.0 Å². The molecule has 7 heteroatoms. The van der Waals surface area contributed by atoms with Crippen molar-refractivity contribution < 1.29 is 4.74 Å². The number of rotatable bonds is 6. The highest BCUT2D eigenvalue weighted by Gasteiger charge is 2.24. The van der Waals surface area contributed by atoms with Crippen molar-refractivity contribution in [2.75, 3.05) is 0 Å². The Balaban J connectivity index is 0.836. The number of nitrogens with one attached hydrogen (secondary N) is 1. The van der Waals surface area contributed by atoms with Crippen LogP contribution in [-0.4, -0.2) is 24.2 Å². The van der Waals surface area contributed by atoms with Crippen LogP contribution >= 0.6 is 0 Å². The fourth-order valence-corrected chi connectivity index (χ4v) is 9.60. The maximum absolute atomic E-state index is 6.52. The second-order valence-corrected chi connectivity index (χ2v) is 15.7. The molecule has 8 aromatic carbocycles. The zero-order valence-corrected chi connectivity index (χ0v) is 32.9. The average Bonchev–Trinajstić information content (AvgIpc) is 4.18. The van der Waals surface area contributed by atoms with E-state index >= 15 is 0 Å². The summed E-state index contributed by atoms with van der Waals surface area (Å²) >= 11 is 0. The first-order valence-electron chi connectivity index (χ1n) is 20.7. The van der Waals surface area contributed by atoms with Gasteiger partial charge in [-0.15, -0.1) is 5.10 Å². The number of hydrogen-bond donors (Lipinski definition) is 1. The Morgan fingerprint density at radius 3 is 1.39 bits per heavy atom. The van der Waals surface area contributed by atoms with Gasteiger partial charge in [0.15, 0.2) is 0 Å². The predicted molar refractivity (Wildman–Crippen MR) is 249 cm³/mol. The Morgan fingerprint density at radius 2 is 0.869 bits per heavy atom. The summed E-state index contributed by atoms with van der Waals surface area (Å²) < 4.78 is 15.9. The highest BCUT2D eigenvalue weighted by Crippen LogP contribution is 2.40. The van der Waals surface area contributed by atoms with Crippen LogP contribution in [0.4, 0.5) is 0 Å². The molecule has 288 valence electrons. The summed E-state index contributed by atoms with van der Waals surface area (Å²) in [6.07, 6.45) is 3.93. The van der Waals surface area contributed by atoms with E-state index in [1.54, 1.807) is 0 Å². The van der Waals surface area contributed by atoms with Crippen LogP contribution in [0, 0.1) is 0 Å². The molecule has 13 rings (SSSR count). The van der Waals surface area contributed by atoms with E-state index in [0.29, 0.717) is 5.90 Å². The maximum atomic E-state index is 6.52. The number of ether oxygens (including phenoxy) is 1. The van der Waals surface area contributed by atoms with E-state index in [1.165, 1.54) is 59.9 Å². The van der Waals surface area contributed by atoms with Crippen molar-refractivity contribution >= 4 is 71.3 Å². The Kier molecular flexibility index (Phi) is 7.23. The van der Waals surface area contributed by atoms with Crippen molar-refractivity contribution in [3.05, 3.63) is 218 Å². The van der Waals surface area contributed by atoms with E-state index in [0.717, 1.165) is 39.4 Å². The van der Waals surface area contributed by atoms with E-state index in [-0.39, 0.29) is 0 Å². The summed E-state index contributed by atoms with van der Waals surface area (Å²) in [5.74, 6) is 0.564. The minimum Gasteiger partial charge on any atom is -0.446 e. The Bertz CT molecular complexity index is 3680. The van der Waals surface area contributed by atoms with E-state index in [9.17, 15) is 0 Å². The molecule has 5 heterocycles. The molecule has 0 saturated heterocycles. The number of para-hydroxylation sites is 4. The predicted octanol–water partition coefficient (Wildman–Crippen LogP) is 12.7. The van der Waals surface area contributed by atoms with Crippen LogP contribution < -0.4 is 5.43 Å².